The molecule has 3 heterocycles. The molecule has 5 rings (SSSR count). The number of thioether (sulfide) groups is 1. The highest BCUT2D eigenvalue weighted by atomic mass is 35.5. The minimum absolute atomic E-state index is 0.0805. The van der Waals surface area contributed by atoms with Crippen molar-refractivity contribution in [1.82, 2.24) is 15.1 Å². The minimum atomic E-state index is -0.203. The molecule has 2 aromatic heterocycles. The summed E-state index contributed by atoms with van der Waals surface area (Å²) >= 11 is 9.56. The largest absolute Gasteiger partial charge is 0.354 e. The number of aryl methyl sites for hydroxylation is 1. The number of amides is 2. The lowest BCUT2D eigenvalue weighted by molar-refractivity contribution is -0.123. The van der Waals surface area contributed by atoms with Crippen LogP contribution < -0.4 is 10.2 Å². The van der Waals surface area contributed by atoms with Crippen molar-refractivity contribution < 1.29 is 9.59 Å². The SMILES string of the molecule is Cc1ccccc1-n1nc(-c2cccs2)c2c1N(CC(=O)NCC(C)C)C(=O)CSC2c1cccc(Cl)c1. The second-order valence-corrected chi connectivity index (χ2v) is 12.2. The summed E-state index contributed by atoms with van der Waals surface area (Å²) < 4.78 is 1.84. The first-order valence-electron chi connectivity index (χ1n) is 12.5. The van der Waals surface area contributed by atoms with E-state index >= 15 is 0 Å². The number of carbonyl (C=O) groups is 2. The van der Waals surface area contributed by atoms with E-state index in [1.54, 1.807) is 16.2 Å². The Morgan fingerprint density at radius 2 is 1.97 bits per heavy atom. The van der Waals surface area contributed by atoms with Gasteiger partial charge in [-0.05, 0) is 53.6 Å². The number of hydrogen-bond acceptors (Lipinski definition) is 5. The molecule has 1 N–H and O–H groups in total. The second-order valence-electron chi connectivity index (χ2n) is 9.69. The van der Waals surface area contributed by atoms with Gasteiger partial charge in [0, 0.05) is 17.1 Å². The third-order valence-corrected chi connectivity index (χ3v) is 8.71. The molecule has 0 radical (unpaired) electrons. The number of nitrogens with one attached hydrogen (secondary N) is 1. The molecular weight excluding hydrogens is 536 g/mol. The van der Waals surface area contributed by atoms with Gasteiger partial charge in [-0.3, -0.25) is 14.5 Å². The van der Waals surface area contributed by atoms with Gasteiger partial charge in [0.1, 0.15) is 18.1 Å². The fourth-order valence-corrected chi connectivity index (χ4v) is 6.64. The van der Waals surface area contributed by atoms with E-state index in [1.165, 1.54) is 11.8 Å². The van der Waals surface area contributed by atoms with Crippen LogP contribution in [0.3, 0.4) is 0 Å². The number of halogens is 1. The highest BCUT2D eigenvalue weighted by Gasteiger charge is 2.38. The second kappa shape index (κ2) is 11.4. The Labute approximate surface area is 236 Å². The highest BCUT2D eigenvalue weighted by molar-refractivity contribution is 8.00. The maximum Gasteiger partial charge on any atom is 0.240 e. The Morgan fingerprint density at radius 1 is 1.16 bits per heavy atom. The zero-order valence-corrected chi connectivity index (χ0v) is 23.9. The first-order chi connectivity index (χ1) is 18.3. The van der Waals surface area contributed by atoms with E-state index in [-0.39, 0.29) is 29.4 Å². The van der Waals surface area contributed by atoms with Gasteiger partial charge < -0.3 is 5.32 Å². The number of para-hydroxylation sites is 1. The van der Waals surface area contributed by atoms with Crippen LogP contribution in [-0.2, 0) is 9.59 Å². The lowest BCUT2D eigenvalue weighted by Gasteiger charge is -2.24. The molecule has 4 aromatic rings. The highest BCUT2D eigenvalue weighted by Crippen LogP contribution is 2.49. The molecule has 2 amide bonds. The standard InChI is InChI=1S/C29H29ClN4O2S2/c1-18(2)15-31-24(35)16-33-25(36)17-38-28(20-9-6-10-21(30)14-20)26-27(23-12-7-13-37-23)32-34(29(26)33)22-11-5-4-8-19(22)3/h4-14,18,28H,15-17H2,1-3H3,(H,31,35). The number of benzene rings is 2. The molecule has 1 aliphatic rings. The topological polar surface area (TPSA) is 67.2 Å². The van der Waals surface area contributed by atoms with Gasteiger partial charge in [0.15, 0.2) is 0 Å². The van der Waals surface area contributed by atoms with Gasteiger partial charge >= 0.3 is 0 Å². The molecule has 0 aliphatic carbocycles. The van der Waals surface area contributed by atoms with E-state index in [2.05, 4.69) is 5.32 Å². The van der Waals surface area contributed by atoms with E-state index in [0.717, 1.165) is 32.9 Å². The Balaban J connectivity index is 1.76. The molecule has 6 nitrogen and oxygen atoms in total. The summed E-state index contributed by atoms with van der Waals surface area (Å²) in [5.74, 6) is 0.829. The summed E-state index contributed by atoms with van der Waals surface area (Å²) in [7, 11) is 0. The van der Waals surface area contributed by atoms with Crippen LogP contribution >= 0.6 is 34.7 Å². The average molecular weight is 565 g/mol. The maximum absolute atomic E-state index is 13.7. The first kappa shape index (κ1) is 26.5. The van der Waals surface area contributed by atoms with Crippen molar-refractivity contribution in [2.24, 2.45) is 5.92 Å². The van der Waals surface area contributed by atoms with Crippen LogP contribution in [0.25, 0.3) is 16.3 Å². The minimum Gasteiger partial charge on any atom is -0.354 e. The zero-order chi connectivity index (χ0) is 26.8. The van der Waals surface area contributed by atoms with Crippen molar-refractivity contribution in [3.63, 3.8) is 0 Å². The van der Waals surface area contributed by atoms with Crippen LogP contribution in [0.15, 0.2) is 66.0 Å². The third-order valence-electron chi connectivity index (χ3n) is 6.35. The molecule has 0 spiro atoms. The summed E-state index contributed by atoms with van der Waals surface area (Å²) in [6, 6.07) is 19.8. The number of aromatic nitrogens is 2. The lowest BCUT2D eigenvalue weighted by atomic mass is 10.0. The van der Waals surface area contributed by atoms with E-state index in [4.69, 9.17) is 16.7 Å². The summed E-state index contributed by atoms with van der Waals surface area (Å²) in [4.78, 5) is 29.4. The van der Waals surface area contributed by atoms with Crippen LogP contribution in [0.4, 0.5) is 5.82 Å². The van der Waals surface area contributed by atoms with Gasteiger partial charge in [-0.1, -0.05) is 61.8 Å². The van der Waals surface area contributed by atoms with Gasteiger partial charge in [0.2, 0.25) is 11.8 Å². The quantitative estimate of drug-likeness (QED) is 0.278. The van der Waals surface area contributed by atoms with Crippen molar-refractivity contribution in [3.05, 3.63) is 87.8 Å². The molecule has 0 saturated carbocycles. The number of fused-ring (bicyclic) bond motifs is 1. The summed E-state index contributed by atoms with van der Waals surface area (Å²) in [5, 5.41) is 10.6. The van der Waals surface area contributed by atoms with Crippen molar-refractivity contribution in [3.8, 4) is 16.3 Å². The summed E-state index contributed by atoms with van der Waals surface area (Å²) in [5.41, 5.74) is 4.58. The molecule has 38 heavy (non-hydrogen) atoms. The van der Waals surface area contributed by atoms with Crippen LogP contribution in [0.5, 0.6) is 0 Å². The average Bonchev–Trinajstić information content (AvgIpc) is 3.52. The molecule has 1 atom stereocenters. The number of thiophene rings is 1. The Kier molecular flexibility index (Phi) is 7.93. The van der Waals surface area contributed by atoms with Crippen molar-refractivity contribution in [2.45, 2.75) is 26.0 Å². The van der Waals surface area contributed by atoms with Crippen molar-refractivity contribution >= 4 is 52.3 Å². The van der Waals surface area contributed by atoms with Crippen LogP contribution in [0, 0.1) is 12.8 Å². The normalized spacial score (nSPS) is 15.4. The zero-order valence-electron chi connectivity index (χ0n) is 21.5. The molecule has 0 bridgehead atoms. The third kappa shape index (κ3) is 5.39. The molecule has 1 unspecified atom stereocenters. The van der Waals surface area contributed by atoms with E-state index in [1.807, 2.05) is 91.5 Å². The number of rotatable bonds is 7. The van der Waals surface area contributed by atoms with Crippen molar-refractivity contribution in [2.75, 3.05) is 23.7 Å². The summed E-state index contributed by atoms with van der Waals surface area (Å²) in [6.45, 7) is 6.58. The van der Waals surface area contributed by atoms with E-state index in [9.17, 15) is 9.59 Å². The molecule has 1 aliphatic heterocycles. The van der Waals surface area contributed by atoms with E-state index < -0.39 is 0 Å². The Bertz CT molecular complexity index is 1470. The fraction of sp³-hybridized carbons (Fsp3) is 0.276. The number of anilines is 1. The predicted molar refractivity (Wildman–Crippen MR) is 158 cm³/mol. The van der Waals surface area contributed by atoms with Gasteiger partial charge in [0.05, 0.1) is 21.6 Å². The molecule has 0 saturated heterocycles. The molecule has 0 fully saturated rings. The monoisotopic (exact) mass is 564 g/mol. The van der Waals surface area contributed by atoms with Crippen LogP contribution in [0.2, 0.25) is 5.02 Å². The smallest absolute Gasteiger partial charge is 0.240 e. The van der Waals surface area contributed by atoms with Gasteiger partial charge in [-0.25, -0.2) is 4.68 Å². The number of hydrogen-bond donors (Lipinski definition) is 1. The van der Waals surface area contributed by atoms with Gasteiger partial charge in [-0.15, -0.1) is 23.1 Å². The maximum atomic E-state index is 13.7. The van der Waals surface area contributed by atoms with Crippen LogP contribution in [0.1, 0.15) is 35.8 Å². The first-order valence-corrected chi connectivity index (χ1v) is 14.8. The predicted octanol–water partition coefficient (Wildman–Crippen LogP) is 6.50. The fourth-order valence-electron chi connectivity index (χ4n) is 4.53. The van der Waals surface area contributed by atoms with Gasteiger partial charge in [0.25, 0.3) is 0 Å². The molecule has 2 aromatic carbocycles. The van der Waals surface area contributed by atoms with E-state index in [0.29, 0.717) is 23.3 Å². The summed E-state index contributed by atoms with van der Waals surface area (Å²) in [6.07, 6.45) is 0. The number of carbonyl (C=O) groups excluding carboxylic acids is 2. The van der Waals surface area contributed by atoms with Crippen LogP contribution in [-0.4, -0.2) is 40.4 Å². The molecular formula is C29H29ClN4O2S2. The Morgan fingerprint density at radius 3 is 2.68 bits per heavy atom. The lowest BCUT2D eigenvalue weighted by Crippen LogP contribution is -2.43. The molecule has 196 valence electrons. The Hall–Kier alpha value is -3.07. The number of nitrogens with zero attached hydrogens (tertiary/aromatic N) is 3. The van der Waals surface area contributed by atoms with Gasteiger partial charge in [-0.2, -0.15) is 5.10 Å². The molecule has 9 heteroatoms. The van der Waals surface area contributed by atoms with Crippen molar-refractivity contribution in [1.29, 1.82) is 0 Å².